The van der Waals surface area contributed by atoms with E-state index >= 15 is 0 Å². The summed E-state index contributed by atoms with van der Waals surface area (Å²) in [6.45, 7) is 2.13. The Labute approximate surface area is 150 Å². The van der Waals surface area contributed by atoms with Gasteiger partial charge in [0, 0.05) is 0 Å². The minimum atomic E-state index is -0.563. The number of rotatable bonds is 5. The minimum Gasteiger partial charge on any atom is -0.268 e. The Morgan fingerprint density at radius 1 is 0.960 bits per heavy atom. The summed E-state index contributed by atoms with van der Waals surface area (Å²) in [6.07, 6.45) is 3.15. The number of carbonyl (C=O) groups excluding carboxylic acids is 2. The van der Waals surface area contributed by atoms with Crippen LogP contribution in [0.4, 0.5) is 10.1 Å². The summed E-state index contributed by atoms with van der Waals surface area (Å²) < 4.78 is 13.1. The number of carbonyl (C=O) groups is 2. The van der Waals surface area contributed by atoms with Crippen molar-refractivity contribution < 1.29 is 14.0 Å². The van der Waals surface area contributed by atoms with Gasteiger partial charge in [-0.1, -0.05) is 49.2 Å². The summed E-state index contributed by atoms with van der Waals surface area (Å²) in [4.78, 5) is 26.3. The molecule has 0 aromatic heterocycles. The highest BCUT2D eigenvalue weighted by molar-refractivity contribution is 6.60. The van der Waals surface area contributed by atoms with Crippen molar-refractivity contribution in [3.05, 3.63) is 70.5 Å². The van der Waals surface area contributed by atoms with Crippen molar-refractivity contribution in [1.82, 2.24) is 0 Å². The van der Waals surface area contributed by atoms with Gasteiger partial charge in [-0.25, -0.2) is 9.29 Å². The van der Waals surface area contributed by atoms with Crippen molar-refractivity contribution >= 4 is 34.7 Å². The van der Waals surface area contributed by atoms with Gasteiger partial charge >= 0.3 is 0 Å². The second kappa shape index (κ2) is 7.19. The Kier molecular flexibility index (Phi) is 5.00. The zero-order chi connectivity index (χ0) is 18.0. The van der Waals surface area contributed by atoms with Crippen LogP contribution in [0.3, 0.4) is 0 Å². The van der Waals surface area contributed by atoms with Gasteiger partial charge in [-0.15, -0.1) is 0 Å². The molecular weight excluding hydrogens is 341 g/mol. The van der Waals surface area contributed by atoms with Gasteiger partial charge < -0.3 is 0 Å². The lowest BCUT2D eigenvalue weighted by atomic mass is 10.1. The molecule has 0 spiro atoms. The summed E-state index contributed by atoms with van der Waals surface area (Å²) in [5.74, 6) is -1.48. The maximum absolute atomic E-state index is 13.1. The summed E-state index contributed by atoms with van der Waals surface area (Å²) in [7, 11) is 0. The van der Waals surface area contributed by atoms with E-state index < -0.39 is 17.6 Å². The predicted octanol–water partition coefficient (Wildman–Crippen LogP) is 4.69. The quantitative estimate of drug-likeness (QED) is 0.728. The fourth-order valence-electron chi connectivity index (χ4n) is 2.80. The molecule has 128 valence electrons. The molecule has 0 bridgehead atoms. The smallest absolute Gasteiger partial charge is 0.268 e. The summed E-state index contributed by atoms with van der Waals surface area (Å²) in [6, 6.07) is 12.7. The van der Waals surface area contributed by atoms with Crippen LogP contribution in [0.25, 0.3) is 5.57 Å². The molecule has 1 aliphatic heterocycles. The summed E-state index contributed by atoms with van der Waals surface area (Å²) in [5, 5.41) is -0.147. The predicted molar refractivity (Wildman–Crippen MR) is 96.7 cm³/mol. The lowest BCUT2D eigenvalue weighted by Gasteiger charge is -2.15. The van der Waals surface area contributed by atoms with E-state index in [-0.39, 0.29) is 10.6 Å². The van der Waals surface area contributed by atoms with Gasteiger partial charge in [-0.05, 0) is 48.2 Å². The first-order valence-electron chi connectivity index (χ1n) is 8.16. The number of hydrogen-bond acceptors (Lipinski definition) is 2. The Balaban J connectivity index is 1.89. The second-order valence-electron chi connectivity index (χ2n) is 5.91. The average molecular weight is 358 g/mol. The minimum absolute atomic E-state index is 0.0988. The molecule has 5 heteroatoms. The van der Waals surface area contributed by atoms with E-state index in [9.17, 15) is 14.0 Å². The van der Waals surface area contributed by atoms with Gasteiger partial charge in [-0.3, -0.25) is 9.59 Å². The Morgan fingerprint density at radius 3 is 2.20 bits per heavy atom. The van der Waals surface area contributed by atoms with Crippen LogP contribution in [0, 0.1) is 5.82 Å². The number of anilines is 1. The van der Waals surface area contributed by atoms with Gasteiger partial charge in [0.25, 0.3) is 11.8 Å². The molecule has 1 aliphatic rings. The number of halogens is 2. The maximum atomic E-state index is 13.1. The highest BCUT2D eigenvalue weighted by Crippen LogP contribution is 2.35. The van der Waals surface area contributed by atoms with E-state index in [1.54, 1.807) is 12.1 Å². The van der Waals surface area contributed by atoms with Crippen molar-refractivity contribution in [2.75, 3.05) is 4.90 Å². The van der Waals surface area contributed by atoms with Crippen molar-refractivity contribution in [3.63, 3.8) is 0 Å². The van der Waals surface area contributed by atoms with Crippen LogP contribution in [0.15, 0.2) is 53.6 Å². The Morgan fingerprint density at radius 2 is 1.60 bits per heavy atom. The molecule has 0 unspecified atom stereocenters. The third kappa shape index (κ3) is 3.35. The first-order valence-corrected chi connectivity index (χ1v) is 8.54. The normalized spacial score (nSPS) is 14.6. The molecule has 0 N–H and O–H groups in total. The van der Waals surface area contributed by atoms with Crippen LogP contribution < -0.4 is 4.90 Å². The van der Waals surface area contributed by atoms with Crippen molar-refractivity contribution in [2.24, 2.45) is 0 Å². The van der Waals surface area contributed by atoms with Gasteiger partial charge in [0.05, 0.1) is 11.3 Å². The van der Waals surface area contributed by atoms with E-state index in [2.05, 4.69) is 6.92 Å². The molecule has 0 atom stereocenters. The lowest BCUT2D eigenvalue weighted by Crippen LogP contribution is -2.31. The molecule has 3 rings (SSSR count). The number of hydrogen-bond donors (Lipinski definition) is 0. The summed E-state index contributed by atoms with van der Waals surface area (Å²) >= 11 is 6.12. The van der Waals surface area contributed by atoms with Gasteiger partial charge in [0.15, 0.2) is 0 Å². The van der Waals surface area contributed by atoms with Crippen LogP contribution in [-0.4, -0.2) is 11.8 Å². The van der Waals surface area contributed by atoms with Crippen molar-refractivity contribution in [2.45, 2.75) is 26.2 Å². The van der Waals surface area contributed by atoms with Crippen LogP contribution in [0.5, 0.6) is 0 Å². The zero-order valence-electron chi connectivity index (χ0n) is 13.8. The Hall–Kier alpha value is -2.46. The highest BCUT2D eigenvalue weighted by atomic mass is 35.5. The third-order valence-electron chi connectivity index (χ3n) is 4.17. The molecule has 0 radical (unpaired) electrons. The number of unbranched alkanes of at least 4 members (excludes halogenated alkanes) is 1. The standard InChI is InChI=1S/C20H17ClFNO2/c1-2-3-4-13-5-11-16(12-6-13)23-19(24)17(18(21)20(23)25)14-7-9-15(22)10-8-14/h5-12H,2-4H2,1H3. The first kappa shape index (κ1) is 17.4. The number of aryl methyl sites for hydroxylation is 1. The third-order valence-corrected chi connectivity index (χ3v) is 4.52. The van der Waals surface area contributed by atoms with E-state index in [0.29, 0.717) is 11.3 Å². The molecule has 1 heterocycles. The molecule has 0 saturated carbocycles. The summed E-state index contributed by atoms with van der Waals surface area (Å²) in [5.41, 5.74) is 2.15. The first-order chi connectivity index (χ1) is 12.0. The van der Waals surface area contributed by atoms with Crippen molar-refractivity contribution in [3.8, 4) is 0 Å². The molecule has 2 amide bonds. The van der Waals surface area contributed by atoms with Gasteiger partial charge in [-0.2, -0.15) is 0 Å². The zero-order valence-corrected chi connectivity index (χ0v) is 14.5. The molecule has 0 aliphatic carbocycles. The molecule has 2 aromatic rings. The Bertz CT molecular complexity index is 841. The lowest BCUT2D eigenvalue weighted by molar-refractivity contribution is -0.119. The van der Waals surface area contributed by atoms with Gasteiger partial charge in [0.2, 0.25) is 0 Å². The SMILES string of the molecule is CCCCc1ccc(N2C(=O)C(Cl)=C(c3ccc(F)cc3)C2=O)cc1. The van der Waals surface area contributed by atoms with Crippen LogP contribution in [-0.2, 0) is 16.0 Å². The highest BCUT2D eigenvalue weighted by Gasteiger charge is 2.39. The molecule has 2 aromatic carbocycles. The second-order valence-corrected chi connectivity index (χ2v) is 6.29. The fourth-order valence-corrected chi connectivity index (χ4v) is 3.07. The number of imide groups is 1. The van der Waals surface area contributed by atoms with Crippen LogP contribution in [0.1, 0.15) is 30.9 Å². The topological polar surface area (TPSA) is 37.4 Å². The maximum Gasteiger partial charge on any atom is 0.277 e. The van der Waals surface area contributed by atoms with E-state index in [4.69, 9.17) is 11.6 Å². The number of amides is 2. The molecular formula is C20H17ClFNO2. The van der Waals surface area contributed by atoms with Crippen molar-refractivity contribution in [1.29, 1.82) is 0 Å². The van der Waals surface area contributed by atoms with E-state index in [1.807, 2.05) is 12.1 Å². The average Bonchev–Trinajstić information content (AvgIpc) is 2.84. The van der Waals surface area contributed by atoms with Crippen LogP contribution >= 0.6 is 11.6 Å². The largest absolute Gasteiger partial charge is 0.277 e. The van der Waals surface area contributed by atoms with E-state index in [0.717, 1.165) is 29.7 Å². The van der Waals surface area contributed by atoms with E-state index in [1.165, 1.54) is 24.3 Å². The van der Waals surface area contributed by atoms with Gasteiger partial charge in [0.1, 0.15) is 10.8 Å². The molecule has 3 nitrogen and oxygen atoms in total. The molecule has 0 saturated heterocycles. The molecule has 0 fully saturated rings. The fraction of sp³-hybridized carbons (Fsp3) is 0.200. The van der Waals surface area contributed by atoms with Crippen LogP contribution in [0.2, 0.25) is 0 Å². The monoisotopic (exact) mass is 357 g/mol. The molecule has 25 heavy (non-hydrogen) atoms. The number of benzene rings is 2. The number of nitrogens with zero attached hydrogens (tertiary/aromatic N) is 1.